The highest BCUT2D eigenvalue weighted by atomic mass is 32.1. The lowest BCUT2D eigenvalue weighted by Gasteiger charge is -1.98. The lowest BCUT2D eigenvalue weighted by atomic mass is 10.3. The molecule has 0 aromatic carbocycles. The molecule has 2 heterocycles. The molecule has 0 atom stereocenters. The number of aryl methyl sites for hydroxylation is 2. The molecule has 0 amide bonds. The molecule has 0 fully saturated rings. The van der Waals surface area contributed by atoms with Crippen LogP contribution < -0.4 is 5.73 Å². The minimum absolute atomic E-state index is 0.549. The minimum Gasteiger partial charge on any atom is -0.383 e. The molecule has 0 aliphatic rings. The first-order valence-electron chi connectivity index (χ1n) is 4.10. The number of aromatic nitrogens is 3. The Labute approximate surface area is 80.0 Å². The molecule has 0 radical (unpaired) electrons. The van der Waals surface area contributed by atoms with Gasteiger partial charge in [0, 0.05) is 6.42 Å². The van der Waals surface area contributed by atoms with Gasteiger partial charge in [-0.1, -0.05) is 6.92 Å². The van der Waals surface area contributed by atoms with Gasteiger partial charge in [-0.2, -0.15) is 4.37 Å². The van der Waals surface area contributed by atoms with E-state index in [1.54, 1.807) is 0 Å². The fourth-order valence-electron chi connectivity index (χ4n) is 1.22. The summed E-state index contributed by atoms with van der Waals surface area (Å²) in [5.74, 6) is 1.33. The van der Waals surface area contributed by atoms with Gasteiger partial charge in [0.1, 0.15) is 16.5 Å². The smallest absolute Gasteiger partial charge is 0.149 e. The van der Waals surface area contributed by atoms with E-state index in [4.69, 9.17) is 5.73 Å². The number of rotatable bonds is 1. The van der Waals surface area contributed by atoms with Gasteiger partial charge in [0.2, 0.25) is 0 Å². The largest absolute Gasteiger partial charge is 0.383 e. The Morgan fingerprint density at radius 3 is 2.85 bits per heavy atom. The number of nitrogens with zero attached hydrogens (tertiary/aromatic N) is 3. The Morgan fingerprint density at radius 2 is 2.15 bits per heavy atom. The van der Waals surface area contributed by atoms with Gasteiger partial charge in [0.15, 0.2) is 0 Å². The molecule has 4 nitrogen and oxygen atoms in total. The Kier molecular flexibility index (Phi) is 1.88. The maximum Gasteiger partial charge on any atom is 0.149 e. The lowest BCUT2D eigenvalue weighted by molar-refractivity contribution is 0.969. The Morgan fingerprint density at radius 1 is 1.38 bits per heavy atom. The predicted octanol–water partition coefficient (Wildman–Crippen LogP) is 1.54. The highest BCUT2D eigenvalue weighted by Gasteiger charge is 2.09. The van der Waals surface area contributed by atoms with Gasteiger partial charge in [-0.05, 0) is 18.5 Å². The molecule has 2 N–H and O–H groups in total. The molecule has 13 heavy (non-hydrogen) atoms. The van der Waals surface area contributed by atoms with Crippen LogP contribution in [0.5, 0.6) is 0 Å². The summed E-state index contributed by atoms with van der Waals surface area (Å²) in [6.07, 6.45) is 0.803. The van der Waals surface area contributed by atoms with Gasteiger partial charge < -0.3 is 5.73 Å². The predicted molar refractivity (Wildman–Crippen MR) is 53.7 cm³/mol. The number of anilines is 1. The molecule has 0 spiro atoms. The van der Waals surface area contributed by atoms with Crippen LogP contribution in [0.2, 0.25) is 0 Å². The third kappa shape index (κ3) is 1.25. The summed E-state index contributed by atoms with van der Waals surface area (Å²) < 4.78 is 4.19. The first-order chi connectivity index (χ1) is 6.22. The molecular weight excluding hydrogens is 184 g/mol. The molecule has 2 rings (SSSR count). The summed E-state index contributed by atoms with van der Waals surface area (Å²) >= 11 is 1.38. The van der Waals surface area contributed by atoms with E-state index in [9.17, 15) is 0 Å². The van der Waals surface area contributed by atoms with E-state index in [1.807, 2.05) is 13.8 Å². The van der Waals surface area contributed by atoms with Crippen LogP contribution >= 0.6 is 11.5 Å². The first-order valence-corrected chi connectivity index (χ1v) is 4.88. The molecule has 0 saturated carbocycles. The van der Waals surface area contributed by atoms with Crippen molar-refractivity contribution in [1.82, 2.24) is 14.3 Å². The van der Waals surface area contributed by atoms with E-state index in [1.165, 1.54) is 11.5 Å². The van der Waals surface area contributed by atoms with Crippen molar-refractivity contribution in [3.63, 3.8) is 0 Å². The third-order valence-electron chi connectivity index (χ3n) is 1.90. The number of nitrogens with two attached hydrogens (primary N) is 1. The van der Waals surface area contributed by atoms with Crippen LogP contribution in [0.15, 0.2) is 0 Å². The fraction of sp³-hybridized carbons (Fsp3) is 0.375. The molecule has 0 aliphatic heterocycles. The number of hydrogen-bond acceptors (Lipinski definition) is 5. The van der Waals surface area contributed by atoms with Crippen molar-refractivity contribution < 1.29 is 0 Å². The molecular formula is C8H10N4S. The lowest BCUT2D eigenvalue weighted by Crippen LogP contribution is -1.98. The number of fused-ring (bicyclic) bond motifs is 1. The molecule has 2 aromatic heterocycles. The first kappa shape index (κ1) is 8.37. The second kappa shape index (κ2) is 2.92. The summed E-state index contributed by atoms with van der Waals surface area (Å²) in [4.78, 5) is 9.42. The van der Waals surface area contributed by atoms with E-state index < -0.39 is 0 Å². The van der Waals surface area contributed by atoms with Crippen molar-refractivity contribution in [2.75, 3.05) is 5.73 Å². The second-order valence-electron chi connectivity index (χ2n) is 2.83. The summed E-state index contributed by atoms with van der Waals surface area (Å²) in [7, 11) is 0. The standard InChI is InChI=1S/C8H10N4S/c1-3-5-10-7(9)6-4(2)12-13-8(6)11-5/h3H2,1-2H3,(H2,9,10,11). The highest BCUT2D eigenvalue weighted by molar-refractivity contribution is 7.13. The van der Waals surface area contributed by atoms with Crippen LogP contribution in [-0.4, -0.2) is 14.3 Å². The Bertz CT molecular complexity index is 449. The number of hydrogen-bond donors (Lipinski definition) is 1. The van der Waals surface area contributed by atoms with Crippen LogP contribution in [0.1, 0.15) is 18.4 Å². The van der Waals surface area contributed by atoms with Gasteiger partial charge in [-0.3, -0.25) is 0 Å². The highest BCUT2D eigenvalue weighted by Crippen LogP contribution is 2.24. The van der Waals surface area contributed by atoms with Crippen molar-refractivity contribution in [1.29, 1.82) is 0 Å². The zero-order valence-corrected chi connectivity index (χ0v) is 8.35. The Balaban J connectivity index is 2.79. The van der Waals surface area contributed by atoms with E-state index in [0.717, 1.165) is 28.2 Å². The van der Waals surface area contributed by atoms with Crippen molar-refractivity contribution in [2.24, 2.45) is 0 Å². The van der Waals surface area contributed by atoms with Crippen LogP contribution in [0.4, 0.5) is 5.82 Å². The van der Waals surface area contributed by atoms with Gasteiger partial charge in [0.05, 0.1) is 11.1 Å². The van der Waals surface area contributed by atoms with Gasteiger partial charge in [0.25, 0.3) is 0 Å². The summed E-state index contributed by atoms with van der Waals surface area (Å²) in [6.45, 7) is 3.93. The zero-order chi connectivity index (χ0) is 9.42. The molecule has 5 heteroatoms. The fourth-order valence-corrected chi connectivity index (χ4v) is 2.03. The van der Waals surface area contributed by atoms with Gasteiger partial charge in [-0.15, -0.1) is 0 Å². The second-order valence-corrected chi connectivity index (χ2v) is 3.58. The van der Waals surface area contributed by atoms with E-state index in [0.29, 0.717) is 5.82 Å². The van der Waals surface area contributed by atoms with E-state index in [-0.39, 0.29) is 0 Å². The maximum atomic E-state index is 5.79. The molecule has 0 bridgehead atoms. The maximum absolute atomic E-state index is 5.79. The van der Waals surface area contributed by atoms with Crippen LogP contribution in [0.3, 0.4) is 0 Å². The molecule has 0 saturated heterocycles. The van der Waals surface area contributed by atoms with Crippen molar-refractivity contribution in [3.05, 3.63) is 11.5 Å². The van der Waals surface area contributed by atoms with Crippen LogP contribution in [0.25, 0.3) is 10.2 Å². The zero-order valence-electron chi connectivity index (χ0n) is 7.53. The average Bonchev–Trinajstić information content (AvgIpc) is 2.48. The summed E-state index contributed by atoms with van der Waals surface area (Å²) in [5, 5.41) is 0.905. The monoisotopic (exact) mass is 194 g/mol. The molecule has 68 valence electrons. The quantitative estimate of drug-likeness (QED) is 0.747. The van der Waals surface area contributed by atoms with Crippen molar-refractivity contribution in [3.8, 4) is 0 Å². The van der Waals surface area contributed by atoms with Gasteiger partial charge >= 0.3 is 0 Å². The van der Waals surface area contributed by atoms with Crippen LogP contribution in [-0.2, 0) is 6.42 Å². The third-order valence-corrected chi connectivity index (χ3v) is 2.73. The Hall–Kier alpha value is -1.23. The SMILES string of the molecule is CCc1nc(N)c2c(C)nsc2n1. The van der Waals surface area contributed by atoms with Gasteiger partial charge in [-0.25, -0.2) is 9.97 Å². The topological polar surface area (TPSA) is 64.7 Å². The van der Waals surface area contributed by atoms with E-state index >= 15 is 0 Å². The molecule has 0 unspecified atom stereocenters. The normalized spacial score (nSPS) is 10.9. The van der Waals surface area contributed by atoms with Crippen molar-refractivity contribution >= 4 is 27.6 Å². The van der Waals surface area contributed by atoms with Crippen LogP contribution in [0, 0.1) is 6.92 Å². The minimum atomic E-state index is 0.549. The molecule has 0 aliphatic carbocycles. The number of nitrogen functional groups attached to an aromatic ring is 1. The average molecular weight is 194 g/mol. The summed E-state index contributed by atoms with van der Waals surface area (Å²) in [6, 6.07) is 0. The van der Waals surface area contributed by atoms with E-state index in [2.05, 4.69) is 14.3 Å². The van der Waals surface area contributed by atoms with Crippen molar-refractivity contribution in [2.45, 2.75) is 20.3 Å². The molecule has 2 aromatic rings. The summed E-state index contributed by atoms with van der Waals surface area (Å²) in [5.41, 5.74) is 6.71.